The van der Waals surface area contributed by atoms with Crippen LogP contribution in [0.2, 0.25) is 0 Å². The smallest absolute Gasteiger partial charge is 0.123 e. The van der Waals surface area contributed by atoms with Crippen LogP contribution in [0.15, 0.2) is 66.7 Å². The molecule has 4 heteroatoms. The fourth-order valence-corrected chi connectivity index (χ4v) is 5.01. The minimum Gasteiger partial charge on any atom is -0.492 e. The fourth-order valence-electron chi connectivity index (χ4n) is 5.01. The molecule has 1 heterocycles. The van der Waals surface area contributed by atoms with Gasteiger partial charge < -0.3 is 9.64 Å². The van der Waals surface area contributed by atoms with Crippen LogP contribution in [0.1, 0.15) is 49.1 Å². The largest absolute Gasteiger partial charge is 0.492 e. The van der Waals surface area contributed by atoms with Gasteiger partial charge in [0.25, 0.3) is 0 Å². The first kappa shape index (κ1) is 24.3. The van der Waals surface area contributed by atoms with E-state index in [0.717, 1.165) is 43.9 Å². The number of hydrogen-bond donors (Lipinski definition) is 0. The molecule has 0 spiro atoms. The highest BCUT2D eigenvalue weighted by Crippen LogP contribution is 2.36. The fraction of sp³-hybridized carbons (Fsp3) is 0.400. The highest BCUT2D eigenvalue weighted by atomic mass is 19.1. The van der Waals surface area contributed by atoms with Gasteiger partial charge >= 0.3 is 0 Å². The minimum atomic E-state index is -0.195. The van der Waals surface area contributed by atoms with Crippen molar-refractivity contribution in [3.8, 4) is 5.75 Å². The van der Waals surface area contributed by atoms with Gasteiger partial charge in [-0.3, -0.25) is 4.90 Å². The highest BCUT2D eigenvalue weighted by molar-refractivity contribution is 5.53. The Morgan fingerprint density at radius 2 is 1.76 bits per heavy atom. The molecule has 3 aromatic rings. The quantitative estimate of drug-likeness (QED) is 0.358. The van der Waals surface area contributed by atoms with Gasteiger partial charge in [-0.2, -0.15) is 0 Å². The predicted octanol–water partition coefficient (Wildman–Crippen LogP) is 6.59. The van der Waals surface area contributed by atoms with Crippen molar-refractivity contribution in [2.75, 3.05) is 31.1 Å². The van der Waals surface area contributed by atoms with Crippen molar-refractivity contribution in [3.05, 3.63) is 94.8 Å². The lowest BCUT2D eigenvalue weighted by Gasteiger charge is -2.39. The first-order valence-electron chi connectivity index (χ1n) is 12.5. The van der Waals surface area contributed by atoms with E-state index < -0.39 is 0 Å². The maximum atomic E-state index is 13.6. The van der Waals surface area contributed by atoms with E-state index in [9.17, 15) is 4.39 Å². The van der Waals surface area contributed by atoms with E-state index in [0.29, 0.717) is 12.6 Å². The molecule has 0 bridgehead atoms. The summed E-state index contributed by atoms with van der Waals surface area (Å²) in [5, 5.41) is 0. The number of nitrogens with zero attached hydrogens (tertiary/aromatic N) is 2. The zero-order valence-corrected chi connectivity index (χ0v) is 20.9. The van der Waals surface area contributed by atoms with Crippen molar-refractivity contribution in [1.82, 2.24) is 4.90 Å². The van der Waals surface area contributed by atoms with Gasteiger partial charge in [-0.25, -0.2) is 4.39 Å². The third-order valence-electron chi connectivity index (χ3n) is 6.95. The molecule has 0 fully saturated rings. The lowest BCUT2D eigenvalue weighted by atomic mass is 9.87. The average Bonchev–Trinajstić information content (AvgIpc) is 2.83. The summed E-state index contributed by atoms with van der Waals surface area (Å²) >= 11 is 0. The number of benzene rings is 3. The van der Waals surface area contributed by atoms with Gasteiger partial charge in [0.15, 0.2) is 0 Å². The van der Waals surface area contributed by atoms with E-state index in [1.165, 1.54) is 22.3 Å². The van der Waals surface area contributed by atoms with E-state index in [1.54, 1.807) is 12.1 Å². The maximum Gasteiger partial charge on any atom is 0.123 e. The van der Waals surface area contributed by atoms with Crippen LogP contribution < -0.4 is 9.64 Å². The van der Waals surface area contributed by atoms with Crippen molar-refractivity contribution < 1.29 is 9.13 Å². The van der Waals surface area contributed by atoms with Crippen LogP contribution in [0.4, 0.5) is 10.1 Å². The van der Waals surface area contributed by atoms with Crippen LogP contribution in [-0.4, -0.2) is 37.2 Å². The Hall–Kier alpha value is -2.85. The third kappa shape index (κ3) is 5.79. The van der Waals surface area contributed by atoms with Gasteiger partial charge in [-0.15, -0.1) is 0 Å². The van der Waals surface area contributed by atoms with Crippen LogP contribution in [0.3, 0.4) is 0 Å². The molecule has 0 saturated carbocycles. The summed E-state index contributed by atoms with van der Waals surface area (Å²) in [5.41, 5.74) is 6.44. The Balaban J connectivity index is 1.50. The monoisotopic (exact) mass is 460 g/mol. The average molecular weight is 461 g/mol. The molecule has 34 heavy (non-hydrogen) atoms. The molecule has 0 aromatic heterocycles. The van der Waals surface area contributed by atoms with Crippen LogP contribution in [0.5, 0.6) is 5.75 Å². The molecule has 1 unspecified atom stereocenters. The van der Waals surface area contributed by atoms with Gasteiger partial charge in [0.2, 0.25) is 0 Å². The number of fused-ring (bicyclic) bond motifs is 1. The molecular weight excluding hydrogens is 423 g/mol. The molecule has 0 N–H and O–H groups in total. The molecule has 3 nitrogen and oxygen atoms in total. The van der Waals surface area contributed by atoms with Gasteiger partial charge in [0, 0.05) is 24.8 Å². The van der Waals surface area contributed by atoms with E-state index in [2.05, 4.69) is 80.0 Å². The molecule has 3 aromatic carbocycles. The van der Waals surface area contributed by atoms with Crippen LogP contribution in [0, 0.1) is 12.7 Å². The number of ether oxygens (including phenoxy) is 1. The summed E-state index contributed by atoms with van der Waals surface area (Å²) in [6.45, 7) is 12.4. The number of anilines is 1. The Labute approximate surface area is 204 Å². The van der Waals surface area contributed by atoms with Gasteiger partial charge in [-0.05, 0) is 93.2 Å². The predicted molar refractivity (Wildman–Crippen MR) is 139 cm³/mol. The van der Waals surface area contributed by atoms with Crippen molar-refractivity contribution in [1.29, 1.82) is 0 Å². The number of rotatable bonds is 9. The summed E-state index contributed by atoms with van der Waals surface area (Å²) in [6.07, 6.45) is 1.90. The van der Waals surface area contributed by atoms with Crippen LogP contribution in [-0.2, 0) is 12.8 Å². The minimum absolute atomic E-state index is 0.195. The first-order valence-corrected chi connectivity index (χ1v) is 12.5. The third-order valence-corrected chi connectivity index (χ3v) is 6.95. The van der Waals surface area contributed by atoms with Crippen molar-refractivity contribution in [2.24, 2.45) is 0 Å². The number of halogens is 1. The Morgan fingerprint density at radius 1 is 1.03 bits per heavy atom. The molecule has 1 atom stereocenters. The molecule has 1 aliphatic rings. The molecule has 0 radical (unpaired) electrons. The second-order valence-electron chi connectivity index (χ2n) is 9.56. The summed E-state index contributed by atoms with van der Waals surface area (Å²) in [6, 6.07) is 23.0. The van der Waals surface area contributed by atoms with Crippen molar-refractivity contribution in [3.63, 3.8) is 0 Å². The van der Waals surface area contributed by atoms with Crippen molar-refractivity contribution in [2.45, 2.75) is 52.6 Å². The molecule has 0 amide bonds. The summed E-state index contributed by atoms with van der Waals surface area (Å²) in [5.74, 6) is 0.720. The zero-order valence-electron chi connectivity index (χ0n) is 20.9. The lowest BCUT2D eigenvalue weighted by Crippen LogP contribution is -2.36. The molecule has 180 valence electrons. The lowest BCUT2D eigenvalue weighted by molar-refractivity contribution is 0.183. The van der Waals surface area contributed by atoms with E-state index >= 15 is 0 Å². The summed E-state index contributed by atoms with van der Waals surface area (Å²) in [7, 11) is 0. The zero-order chi connectivity index (χ0) is 24.1. The number of likely N-dealkylation sites (N-methyl/N-ethyl adjacent to an activating group) is 1. The van der Waals surface area contributed by atoms with Crippen LogP contribution >= 0.6 is 0 Å². The molecular formula is C30H37FN2O. The first-order chi connectivity index (χ1) is 16.4. The highest BCUT2D eigenvalue weighted by Gasteiger charge is 2.28. The topological polar surface area (TPSA) is 15.7 Å². The Kier molecular flexibility index (Phi) is 7.89. The second-order valence-corrected chi connectivity index (χ2v) is 9.56. The van der Waals surface area contributed by atoms with Gasteiger partial charge in [-0.1, -0.05) is 42.8 Å². The maximum absolute atomic E-state index is 13.6. The number of aryl methyl sites for hydroxylation is 1. The van der Waals surface area contributed by atoms with Crippen molar-refractivity contribution >= 4 is 5.69 Å². The van der Waals surface area contributed by atoms with E-state index in [-0.39, 0.29) is 11.9 Å². The normalized spacial score (nSPS) is 15.6. The van der Waals surface area contributed by atoms with Gasteiger partial charge in [0.1, 0.15) is 18.2 Å². The molecule has 0 aliphatic carbocycles. The Bertz CT molecular complexity index is 1060. The molecule has 0 saturated heterocycles. The number of hydrogen-bond acceptors (Lipinski definition) is 3. The molecule has 1 aliphatic heterocycles. The summed E-state index contributed by atoms with van der Waals surface area (Å²) in [4.78, 5) is 4.83. The standard InChI is InChI=1S/C30H37FN2O/c1-5-32(22(2)3)18-19-34-28-13-7-24(8-14-28)21-30-29-15-6-23(4)20-25(29)16-17-33(30)27-11-9-26(31)10-12-27/h6-15,20,22,30H,5,16-19,21H2,1-4H3. The summed E-state index contributed by atoms with van der Waals surface area (Å²) < 4.78 is 19.6. The van der Waals surface area contributed by atoms with E-state index in [4.69, 9.17) is 4.74 Å². The second kappa shape index (κ2) is 11.1. The van der Waals surface area contributed by atoms with E-state index in [1.807, 2.05) is 12.1 Å². The van der Waals surface area contributed by atoms with Gasteiger partial charge in [0.05, 0.1) is 6.04 Å². The molecule has 4 rings (SSSR count). The Morgan fingerprint density at radius 3 is 2.44 bits per heavy atom. The van der Waals surface area contributed by atoms with Crippen LogP contribution in [0.25, 0.3) is 0 Å². The SMILES string of the molecule is CCN(CCOc1ccc(CC2c3ccc(C)cc3CCN2c2ccc(F)cc2)cc1)C(C)C.